The Morgan fingerprint density at radius 3 is 2.83 bits per heavy atom. The highest BCUT2D eigenvalue weighted by atomic mass is 16.3. The highest BCUT2D eigenvalue weighted by Crippen LogP contribution is 2.37. The van der Waals surface area contributed by atoms with Crippen molar-refractivity contribution in [1.82, 2.24) is 0 Å². The molecule has 0 saturated carbocycles. The third-order valence-electron chi connectivity index (χ3n) is 3.83. The van der Waals surface area contributed by atoms with Gasteiger partial charge in [-0.3, -0.25) is 0 Å². The fourth-order valence-electron chi connectivity index (χ4n) is 2.91. The lowest BCUT2D eigenvalue weighted by molar-refractivity contribution is 0.543. The first kappa shape index (κ1) is 9.95. The summed E-state index contributed by atoms with van der Waals surface area (Å²) in [4.78, 5) is 0. The molecule has 88 valence electrons. The standard InChI is InChI=1S/C17H14O/c1-11-6-8-15-14(10-11)17-13-5-3-2-4-12(13)7-9-16(17)18-15/h2-5,7,9-10H,6,8H2,1H3. The monoisotopic (exact) mass is 234 g/mol. The number of aryl methyl sites for hydroxylation is 1. The highest BCUT2D eigenvalue weighted by molar-refractivity contribution is 6.10. The van der Waals surface area contributed by atoms with E-state index in [0.717, 1.165) is 24.2 Å². The Morgan fingerprint density at radius 1 is 1.00 bits per heavy atom. The van der Waals surface area contributed by atoms with Gasteiger partial charge in [-0.2, -0.15) is 0 Å². The fraction of sp³-hybridized carbons (Fsp3) is 0.176. The minimum atomic E-state index is 1.02. The van der Waals surface area contributed by atoms with Gasteiger partial charge in [-0.1, -0.05) is 42.0 Å². The predicted molar refractivity (Wildman–Crippen MR) is 75.7 cm³/mol. The topological polar surface area (TPSA) is 13.1 Å². The Hall–Kier alpha value is -2.02. The molecular formula is C17H14O. The number of hydrogen-bond donors (Lipinski definition) is 0. The number of rotatable bonds is 0. The zero-order chi connectivity index (χ0) is 12.1. The summed E-state index contributed by atoms with van der Waals surface area (Å²) in [5.74, 6) is 1.15. The van der Waals surface area contributed by atoms with Crippen molar-refractivity contribution >= 4 is 27.8 Å². The molecule has 0 bridgehead atoms. The van der Waals surface area contributed by atoms with Crippen LogP contribution in [0.4, 0.5) is 0 Å². The minimum absolute atomic E-state index is 1.02. The summed E-state index contributed by atoms with van der Waals surface area (Å²) in [6.45, 7) is 2.20. The van der Waals surface area contributed by atoms with E-state index < -0.39 is 0 Å². The second-order valence-corrected chi connectivity index (χ2v) is 5.09. The lowest BCUT2D eigenvalue weighted by atomic mass is 9.95. The average Bonchev–Trinajstić information content (AvgIpc) is 2.77. The first-order chi connectivity index (χ1) is 8.83. The largest absolute Gasteiger partial charge is 0.460 e. The van der Waals surface area contributed by atoms with Crippen LogP contribution in [0.2, 0.25) is 0 Å². The number of hydrogen-bond acceptors (Lipinski definition) is 1. The molecule has 0 amide bonds. The molecule has 2 aromatic carbocycles. The van der Waals surface area contributed by atoms with Crippen LogP contribution in [-0.2, 0) is 6.42 Å². The maximum absolute atomic E-state index is 6.00. The molecule has 3 aromatic rings. The van der Waals surface area contributed by atoms with Gasteiger partial charge in [0.05, 0.1) is 0 Å². The summed E-state index contributed by atoms with van der Waals surface area (Å²) >= 11 is 0. The van der Waals surface area contributed by atoms with Crippen LogP contribution in [0.3, 0.4) is 0 Å². The second-order valence-electron chi connectivity index (χ2n) is 5.09. The van der Waals surface area contributed by atoms with Gasteiger partial charge in [-0.15, -0.1) is 0 Å². The normalized spacial score (nSPS) is 14.8. The van der Waals surface area contributed by atoms with Gasteiger partial charge in [0.1, 0.15) is 11.3 Å². The lowest BCUT2D eigenvalue weighted by Crippen LogP contribution is -1.93. The molecule has 0 fully saturated rings. The quantitative estimate of drug-likeness (QED) is 0.537. The van der Waals surface area contributed by atoms with Crippen LogP contribution in [0.25, 0.3) is 27.8 Å². The van der Waals surface area contributed by atoms with Gasteiger partial charge >= 0.3 is 0 Å². The SMILES string of the molecule is CC1=Cc2c(oc3ccc4ccccc4c23)CC1. The van der Waals surface area contributed by atoms with Crippen LogP contribution in [0.15, 0.2) is 46.4 Å². The number of benzene rings is 2. The van der Waals surface area contributed by atoms with Crippen LogP contribution < -0.4 is 0 Å². The van der Waals surface area contributed by atoms with Crippen LogP contribution in [0.5, 0.6) is 0 Å². The number of allylic oxidation sites excluding steroid dienone is 1. The van der Waals surface area contributed by atoms with Gasteiger partial charge in [0, 0.05) is 17.4 Å². The summed E-state index contributed by atoms with van der Waals surface area (Å²) < 4.78 is 6.00. The van der Waals surface area contributed by atoms with Gasteiger partial charge in [-0.05, 0) is 30.2 Å². The summed E-state index contributed by atoms with van der Waals surface area (Å²) in [6, 6.07) is 12.8. The van der Waals surface area contributed by atoms with Crippen molar-refractivity contribution in [3.8, 4) is 0 Å². The first-order valence-corrected chi connectivity index (χ1v) is 6.43. The van der Waals surface area contributed by atoms with Crippen molar-refractivity contribution in [3.63, 3.8) is 0 Å². The molecule has 1 aliphatic rings. The zero-order valence-electron chi connectivity index (χ0n) is 10.4. The average molecular weight is 234 g/mol. The summed E-state index contributed by atoms with van der Waals surface area (Å²) in [5.41, 5.74) is 3.76. The number of fused-ring (bicyclic) bond motifs is 5. The summed E-state index contributed by atoms with van der Waals surface area (Å²) in [5, 5.41) is 3.86. The van der Waals surface area contributed by atoms with E-state index in [1.54, 1.807) is 0 Å². The van der Waals surface area contributed by atoms with E-state index >= 15 is 0 Å². The minimum Gasteiger partial charge on any atom is -0.460 e. The van der Waals surface area contributed by atoms with Crippen LogP contribution in [0.1, 0.15) is 24.7 Å². The van der Waals surface area contributed by atoms with E-state index in [-0.39, 0.29) is 0 Å². The molecule has 1 heteroatoms. The van der Waals surface area contributed by atoms with E-state index in [0.29, 0.717) is 0 Å². The molecule has 0 atom stereocenters. The zero-order valence-corrected chi connectivity index (χ0v) is 10.4. The molecule has 0 unspecified atom stereocenters. The Labute approximate surface area is 106 Å². The molecule has 1 heterocycles. The van der Waals surface area contributed by atoms with E-state index in [9.17, 15) is 0 Å². The van der Waals surface area contributed by atoms with Gasteiger partial charge in [0.15, 0.2) is 0 Å². The third kappa shape index (κ3) is 1.28. The lowest BCUT2D eigenvalue weighted by Gasteiger charge is -2.08. The van der Waals surface area contributed by atoms with E-state index in [2.05, 4.69) is 49.4 Å². The van der Waals surface area contributed by atoms with Crippen LogP contribution >= 0.6 is 0 Å². The van der Waals surface area contributed by atoms with Crippen LogP contribution in [-0.4, -0.2) is 0 Å². The van der Waals surface area contributed by atoms with E-state index in [4.69, 9.17) is 4.42 Å². The molecule has 1 aliphatic carbocycles. The third-order valence-corrected chi connectivity index (χ3v) is 3.83. The highest BCUT2D eigenvalue weighted by Gasteiger charge is 2.17. The van der Waals surface area contributed by atoms with E-state index in [1.807, 2.05) is 0 Å². The molecule has 1 aromatic heterocycles. The molecule has 4 rings (SSSR count). The molecule has 0 radical (unpaired) electrons. The molecular weight excluding hydrogens is 220 g/mol. The van der Waals surface area contributed by atoms with Crippen molar-refractivity contribution < 1.29 is 4.42 Å². The summed E-state index contributed by atoms with van der Waals surface area (Å²) in [7, 11) is 0. The summed E-state index contributed by atoms with van der Waals surface area (Å²) in [6.07, 6.45) is 4.43. The second kappa shape index (κ2) is 3.49. The molecule has 0 spiro atoms. The van der Waals surface area contributed by atoms with Gasteiger partial charge in [0.25, 0.3) is 0 Å². The van der Waals surface area contributed by atoms with Crippen molar-refractivity contribution in [3.05, 3.63) is 53.3 Å². The van der Waals surface area contributed by atoms with Crippen molar-refractivity contribution in [1.29, 1.82) is 0 Å². The van der Waals surface area contributed by atoms with Crippen molar-refractivity contribution in [2.45, 2.75) is 19.8 Å². The first-order valence-electron chi connectivity index (χ1n) is 6.43. The molecule has 0 saturated heterocycles. The molecule has 0 N–H and O–H groups in total. The predicted octanol–water partition coefficient (Wildman–Crippen LogP) is 4.94. The fourth-order valence-corrected chi connectivity index (χ4v) is 2.91. The maximum Gasteiger partial charge on any atom is 0.135 e. The Balaban J connectivity index is 2.22. The maximum atomic E-state index is 6.00. The van der Waals surface area contributed by atoms with Gasteiger partial charge in [-0.25, -0.2) is 0 Å². The Kier molecular flexibility index (Phi) is 1.93. The van der Waals surface area contributed by atoms with E-state index in [1.165, 1.54) is 27.3 Å². The molecule has 18 heavy (non-hydrogen) atoms. The molecule has 1 nitrogen and oxygen atoms in total. The van der Waals surface area contributed by atoms with Gasteiger partial charge in [0.2, 0.25) is 0 Å². The number of furan rings is 1. The Morgan fingerprint density at radius 2 is 1.89 bits per heavy atom. The molecule has 0 aliphatic heterocycles. The Bertz CT molecular complexity index is 790. The van der Waals surface area contributed by atoms with Crippen LogP contribution in [0, 0.1) is 0 Å². The van der Waals surface area contributed by atoms with Crippen molar-refractivity contribution in [2.75, 3.05) is 0 Å². The smallest absolute Gasteiger partial charge is 0.135 e. The van der Waals surface area contributed by atoms with Crippen molar-refractivity contribution in [2.24, 2.45) is 0 Å². The van der Waals surface area contributed by atoms with Gasteiger partial charge < -0.3 is 4.42 Å².